The minimum atomic E-state index is 0.143. The van der Waals surface area contributed by atoms with Gasteiger partial charge in [0.25, 0.3) is 0 Å². The number of amides is 1. The quantitative estimate of drug-likeness (QED) is 0.893. The standard InChI is InChI=1S/C15H22N2O2/c1-11-7-8-17(13(11)10-16)15(18)9-12-5-3-4-6-14(12)19-2/h3-6,11,13H,7-10,16H2,1-2H3. The van der Waals surface area contributed by atoms with Crippen LogP contribution in [0.4, 0.5) is 0 Å². The van der Waals surface area contributed by atoms with Gasteiger partial charge in [-0.25, -0.2) is 0 Å². The van der Waals surface area contributed by atoms with Gasteiger partial charge in [0.1, 0.15) is 5.75 Å². The average Bonchev–Trinajstić information content (AvgIpc) is 2.80. The van der Waals surface area contributed by atoms with Crippen molar-refractivity contribution in [3.8, 4) is 5.75 Å². The molecule has 2 unspecified atom stereocenters. The first-order chi connectivity index (χ1) is 9.17. The van der Waals surface area contributed by atoms with E-state index in [2.05, 4.69) is 6.92 Å². The summed E-state index contributed by atoms with van der Waals surface area (Å²) in [4.78, 5) is 14.3. The lowest BCUT2D eigenvalue weighted by atomic mass is 10.0. The Morgan fingerprint density at radius 3 is 2.89 bits per heavy atom. The van der Waals surface area contributed by atoms with Crippen molar-refractivity contribution in [2.75, 3.05) is 20.2 Å². The van der Waals surface area contributed by atoms with Crippen LogP contribution in [-0.4, -0.2) is 37.0 Å². The molecule has 1 saturated heterocycles. The number of carbonyl (C=O) groups excluding carboxylic acids is 1. The van der Waals surface area contributed by atoms with E-state index in [9.17, 15) is 4.79 Å². The van der Waals surface area contributed by atoms with E-state index < -0.39 is 0 Å². The maximum Gasteiger partial charge on any atom is 0.227 e. The van der Waals surface area contributed by atoms with Gasteiger partial charge in [0.2, 0.25) is 5.91 Å². The maximum absolute atomic E-state index is 12.4. The molecule has 1 aromatic carbocycles. The Morgan fingerprint density at radius 2 is 2.21 bits per heavy atom. The van der Waals surface area contributed by atoms with Crippen LogP contribution in [0.3, 0.4) is 0 Å². The summed E-state index contributed by atoms with van der Waals surface area (Å²) in [7, 11) is 1.63. The van der Waals surface area contributed by atoms with E-state index in [4.69, 9.17) is 10.5 Å². The molecule has 0 saturated carbocycles. The van der Waals surface area contributed by atoms with E-state index in [1.165, 1.54) is 0 Å². The monoisotopic (exact) mass is 262 g/mol. The van der Waals surface area contributed by atoms with Crippen molar-refractivity contribution >= 4 is 5.91 Å². The number of rotatable bonds is 4. The molecule has 2 atom stereocenters. The number of ether oxygens (including phenoxy) is 1. The molecule has 0 bridgehead atoms. The molecule has 2 N–H and O–H groups in total. The maximum atomic E-state index is 12.4. The highest BCUT2D eigenvalue weighted by Gasteiger charge is 2.33. The first-order valence-electron chi connectivity index (χ1n) is 6.78. The third kappa shape index (κ3) is 2.89. The minimum absolute atomic E-state index is 0.143. The van der Waals surface area contributed by atoms with Gasteiger partial charge in [-0.3, -0.25) is 4.79 Å². The van der Waals surface area contributed by atoms with E-state index in [1.54, 1.807) is 7.11 Å². The Kier molecular flexibility index (Phi) is 4.43. The summed E-state index contributed by atoms with van der Waals surface area (Å²) < 4.78 is 5.29. The summed E-state index contributed by atoms with van der Waals surface area (Å²) >= 11 is 0. The van der Waals surface area contributed by atoms with Gasteiger partial charge in [0, 0.05) is 24.7 Å². The topological polar surface area (TPSA) is 55.6 Å². The Hall–Kier alpha value is -1.55. The molecule has 0 aromatic heterocycles. The molecular formula is C15H22N2O2. The molecule has 1 aliphatic rings. The highest BCUT2D eigenvalue weighted by Crippen LogP contribution is 2.25. The zero-order chi connectivity index (χ0) is 13.8. The van der Waals surface area contributed by atoms with Gasteiger partial charge in [-0.15, -0.1) is 0 Å². The summed E-state index contributed by atoms with van der Waals surface area (Å²) in [5, 5.41) is 0. The molecule has 2 rings (SSSR count). The summed E-state index contributed by atoms with van der Waals surface area (Å²) in [6.45, 7) is 3.52. The van der Waals surface area contributed by atoms with Gasteiger partial charge < -0.3 is 15.4 Å². The predicted molar refractivity (Wildman–Crippen MR) is 75.0 cm³/mol. The van der Waals surface area contributed by atoms with Crippen molar-refractivity contribution in [3.05, 3.63) is 29.8 Å². The summed E-state index contributed by atoms with van der Waals surface area (Å²) in [5.74, 6) is 1.41. The van der Waals surface area contributed by atoms with Gasteiger partial charge in [0.05, 0.1) is 13.5 Å². The van der Waals surface area contributed by atoms with E-state index in [0.717, 1.165) is 24.3 Å². The summed E-state index contributed by atoms with van der Waals surface area (Å²) in [6, 6.07) is 7.84. The van der Waals surface area contributed by atoms with Crippen LogP contribution in [0.2, 0.25) is 0 Å². The van der Waals surface area contributed by atoms with Crippen molar-refractivity contribution in [2.45, 2.75) is 25.8 Å². The fourth-order valence-corrected chi connectivity index (χ4v) is 2.79. The molecule has 0 aliphatic carbocycles. The summed E-state index contributed by atoms with van der Waals surface area (Å²) in [6.07, 6.45) is 1.42. The second kappa shape index (κ2) is 6.06. The summed E-state index contributed by atoms with van der Waals surface area (Å²) in [5.41, 5.74) is 6.72. The zero-order valence-electron chi connectivity index (χ0n) is 11.6. The lowest BCUT2D eigenvalue weighted by Crippen LogP contribution is -2.42. The second-order valence-corrected chi connectivity index (χ2v) is 5.14. The van der Waals surface area contributed by atoms with E-state index in [0.29, 0.717) is 18.9 Å². The van der Waals surface area contributed by atoms with Crippen LogP contribution in [0.25, 0.3) is 0 Å². The molecule has 1 aliphatic heterocycles. The molecule has 1 aromatic rings. The van der Waals surface area contributed by atoms with Crippen LogP contribution in [-0.2, 0) is 11.2 Å². The number of methoxy groups -OCH3 is 1. The number of para-hydroxylation sites is 1. The first-order valence-corrected chi connectivity index (χ1v) is 6.78. The van der Waals surface area contributed by atoms with Gasteiger partial charge >= 0.3 is 0 Å². The van der Waals surface area contributed by atoms with Crippen molar-refractivity contribution in [1.82, 2.24) is 4.90 Å². The number of benzene rings is 1. The number of carbonyl (C=O) groups is 1. The van der Waals surface area contributed by atoms with Gasteiger partial charge in [0.15, 0.2) is 0 Å². The van der Waals surface area contributed by atoms with Crippen LogP contribution in [0.1, 0.15) is 18.9 Å². The highest BCUT2D eigenvalue weighted by atomic mass is 16.5. The third-order valence-electron chi connectivity index (χ3n) is 3.98. The average molecular weight is 262 g/mol. The molecule has 4 nitrogen and oxygen atoms in total. The van der Waals surface area contributed by atoms with Crippen molar-refractivity contribution in [3.63, 3.8) is 0 Å². The van der Waals surface area contributed by atoms with Gasteiger partial charge in [-0.05, 0) is 18.4 Å². The lowest BCUT2D eigenvalue weighted by molar-refractivity contribution is -0.131. The van der Waals surface area contributed by atoms with Crippen molar-refractivity contribution in [1.29, 1.82) is 0 Å². The van der Waals surface area contributed by atoms with Crippen molar-refractivity contribution < 1.29 is 9.53 Å². The van der Waals surface area contributed by atoms with E-state index in [1.807, 2.05) is 29.2 Å². The van der Waals surface area contributed by atoms with Crippen LogP contribution in [0.5, 0.6) is 5.75 Å². The Morgan fingerprint density at radius 1 is 1.47 bits per heavy atom. The largest absolute Gasteiger partial charge is 0.496 e. The van der Waals surface area contributed by atoms with Crippen molar-refractivity contribution in [2.24, 2.45) is 11.7 Å². The van der Waals surface area contributed by atoms with Crippen LogP contribution in [0.15, 0.2) is 24.3 Å². The molecule has 1 amide bonds. The lowest BCUT2D eigenvalue weighted by Gasteiger charge is -2.26. The number of nitrogens with zero attached hydrogens (tertiary/aromatic N) is 1. The Bertz CT molecular complexity index is 448. The third-order valence-corrected chi connectivity index (χ3v) is 3.98. The Balaban J connectivity index is 2.09. The molecule has 19 heavy (non-hydrogen) atoms. The number of hydrogen-bond acceptors (Lipinski definition) is 3. The van der Waals surface area contributed by atoms with Crippen LogP contribution < -0.4 is 10.5 Å². The van der Waals surface area contributed by atoms with Gasteiger partial charge in [-0.1, -0.05) is 25.1 Å². The smallest absolute Gasteiger partial charge is 0.227 e. The molecule has 1 fully saturated rings. The number of likely N-dealkylation sites (tertiary alicyclic amines) is 1. The normalized spacial score (nSPS) is 22.6. The fraction of sp³-hybridized carbons (Fsp3) is 0.533. The predicted octanol–water partition coefficient (Wildman–Crippen LogP) is 1.43. The molecular weight excluding hydrogens is 240 g/mol. The van der Waals surface area contributed by atoms with E-state index >= 15 is 0 Å². The highest BCUT2D eigenvalue weighted by molar-refractivity contribution is 5.80. The molecule has 104 valence electrons. The zero-order valence-corrected chi connectivity index (χ0v) is 11.6. The van der Waals surface area contributed by atoms with Crippen LogP contribution in [0, 0.1) is 5.92 Å². The van der Waals surface area contributed by atoms with Crippen LogP contribution >= 0.6 is 0 Å². The second-order valence-electron chi connectivity index (χ2n) is 5.14. The number of nitrogens with two attached hydrogens (primary N) is 1. The number of hydrogen-bond donors (Lipinski definition) is 1. The molecule has 0 radical (unpaired) electrons. The minimum Gasteiger partial charge on any atom is -0.496 e. The molecule has 4 heteroatoms. The Labute approximate surface area is 114 Å². The molecule has 0 spiro atoms. The van der Waals surface area contributed by atoms with E-state index in [-0.39, 0.29) is 11.9 Å². The SMILES string of the molecule is COc1ccccc1CC(=O)N1CCC(C)C1CN. The first kappa shape index (κ1) is 13.9. The fourth-order valence-electron chi connectivity index (χ4n) is 2.79. The molecule has 1 heterocycles. The van der Waals surface area contributed by atoms with Gasteiger partial charge in [-0.2, -0.15) is 0 Å².